The van der Waals surface area contributed by atoms with Gasteiger partial charge in [-0.25, -0.2) is 9.97 Å². The minimum absolute atomic E-state index is 0.0910. The predicted molar refractivity (Wildman–Crippen MR) is 79.0 cm³/mol. The second kappa shape index (κ2) is 5.72. The molecule has 0 radical (unpaired) electrons. The van der Waals surface area contributed by atoms with Gasteiger partial charge in [0, 0.05) is 24.3 Å². The highest BCUT2D eigenvalue weighted by molar-refractivity contribution is 5.92. The molecule has 5 heteroatoms. The van der Waals surface area contributed by atoms with Crippen molar-refractivity contribution in [2.24, 2.45) is 5.41 Å². The number of amides is 1. The van der Waals surface area contributed by atoms with Crippen LogP contribution in [0.3, 0.4) is 0 Å². The third-order valence-electron chi connectivity index (χ3n) is 5.00. The van der Waals surface area contributed by atoms with E-state index >= 15 is 0 Å². The summed E-state index contributed by atoms with van der Waals surface area (Å²) in [6.45, 7) is 4.58. The largest absolute Gasteiger partial charge is 0.378 e. The molecule has 1 heterocycles. The number of aromatic nitrogens is 2. The van der Waals surface area contributed by atoms with Gasteiger partial charge in [0.15, 0.2) is 0 Å². The summed E-state index contributed by atoms with van der Waals surface area (Å²) in [7, 11) is 0. The Kier molecular flexibility index (Phi) is 3.93. The fourth-order valence-electron chi connectivity index (χ4n) is 3.90. The van der Waals surface area contributed by atoms with Crippen molar-refractivity contribution >= 4 is 5.91 Å². The van der Waals surface area contributed by atoms with Crippen molar-refractivity contribution in [3.63, 3.8) is 0 Å². The van der Waals surface area contributed by atoms with E-state index in [0.29, 0.717) is 17.6 Å². The summed E-state index contributed by atoms with van der Waals surface area (Å²) < 4.78 is 5.88. The monoisotopic (exact) mass is 289 g/mol. The molecular weight excluding hydrogens is 266 g/mol. The molecule has 2 fully saturated rings. The van der Waals surface area contributed by atoms with Crippen molar-refractivity contribution in [3.05, 3.63) is 23.8 Å². The molecule has 0 unspecified atom stereocenters. The highest BCUT2D eigenvalue weighted by atomic mass is 16.5. The standard InChI is InChI=1S/C16H23N3O2/c1-3-21-14-10-13(16(14)7-4-5-8-16)19-15(20)12-6-9-17-11(2)18-12/h6,9,13-14H,3-5,7-8,10H2,1-2H3,(H,19,20)/t13-,14+/m0/s1. The van der Waals surface area contributed by atoms with E-state index in [0.717, 1.165) is 25.9 Å². The van der Waals surface area contributed by atoms with Crippen LogP contribution in [0.25, 0.3) is 0 Å². The van der Waals surface area contributed by atoms with Gasteiger partial charge in [0.2, 0.25) is 0 Å². The Morgan fingerprint density at radius 3 is 2.90 bits per heavy atom. The summed E-state index contributed by atoms with van der Waals surface area (Å²) in [5.41, 5.74) is 0.615. The van der Waals surface area contributed by atoms with Gasteiger partial charge in [-0.2, -0.15) is 0 Å². The maximum absolute atomic E-state index is 12.4. The van der Waals surface area contributed by atoms with E-state index in [1.54, 1.807) is 19.2 Å². The van der Waals surface area contributed by atoms with Gasteiger partial charge in [0.1, 0.15) is 11.5 Å². The van der Waals surface area contributed by atoms with Gasteiger partial charge in [-0.3, -0.25) is 4.79 Å². The summed E-state index contributed by atoms with van der Waals surface area (Å²) in [5.74, 6) is 0.533. The number of nitrogens with zero attached hydrogens (tertiary/aromatic N) is 2. The molecule has 2 aliphatic rings. The van der Waals surface area contributed by atoms with Crippen molar-refractivity contribution < 1.29 is 9.53 Å². The van der Waals surface area contributed by atoms with E-state index in [-0.39, 0.29) is 17.4 Å². The third-order valence-corrected chi connectivity index (χ3v) is 5.00. The summed E-state index contributed by atoms with van der Waals surface area (Å²) in [4.78, 5) is 20.6. The van der Waals surface area contributed by atoms with Crippen LogP contribution in [0, 0.1) is 12.3 Å². The van der Waals surface area contributed by atoms with Gasteiger partial charge in [-0.05, 0) is 39.2 Å². The van der Waals surface area contributed by atoms with E-state index < -0.39 is 0 Å². The SMILES string of the molecule is CCO[C@@H]1C[C@H](NC(=O)c2ccnc(C)n2)C12CCCC2. The van der Waals surface area contributed by atoms with E-state index in [2.05, 4.69) is 15.3 Å². The van der Waals surface area contributed by atoms with Gasteiger partial charge in [0.25, 0.3) is 5.91 Å². The zero-order chi connectivity index (χ0) is 14.9. The number of rotatable bonds is 4. The van der Waals surface area contributed by atoms with Crippen molar-refractivity contribution in [1.29, 1.82) is 0 Å². The summed E-state index contributed by atoms with van der Waals surface area (Å²) in [6.07, 6.45) is 7.65. The number of carbonyl (C=O) groups is 1. The Bertz CT molecular complexity index is 526. The highest BCUT2D eigenvalue weighted by Crippen LogP contribution is 2.54. The second-order valence-electron chi connectivity index (χ2n) is 6.14. The molecule has 1 aromatic heterocycles. The first-order valence-corrected chi connectivity index (χ1v) is 7.88. The zero-order valence-electron chi connectivity index (χ0n) is 12.8. The molecule has 5 nitrogen and oxygen atoms in total. The number of aryl methyl sites for hydroxylation is 1. The molecule has 0 saturated heterocycles. The summed E-state index contributed by atoms with van der Waals surface area (Å²) in [5, 5.41) is 3.17. The predicted octanol–water partition coefficient (Wildman–Crippen LogP) is 2.25. The Labute approximate surface area is 125 Å². The lowest BCUT2D eigenvalue weighted by atomic mass is 9.60. The van der Waals surface area contributed by atoms with Crippen molar-refractivity contribution in [1.82, 2.24) is 15.3 Å². The maximum Gasteiger partial charge on any atom is 0.270 e. The first-order chi connectivity index (χ1) is 10.2. The Balaban J connectivity index is 1.69. The molecule has 114 valence electrons. The van der Waals surface area contributed by atoms with E-state index in [9.17, 15) is 4.79 Å². The van der Waals surface area contributed by atoms with Crippen LogP contribution in [0.2, 0.25) is 0 Å². The molecule has 1 amide bonds. The number of hydrogen-bond donors (Lipinski definition) is 1. The average Bonchev–Trinajstić information content (AvgIpc) is 2.98. The molecule has 2 saturated carbocycles. The van der Waals surface area contributed by atoms with Crippen LogP contribution in [-0.4, -0.2) is 34.6 Å². The quantitative estimate of drug-likeness (QED) is 0.923. The lowest BCUT2D eigenvalue weighted by Gasteiger charge is -2.54. The zero-order valence-corrected chi connectivity index (χ0v) is 12.8. The smallest absolute Gasteiger partial charge is 0.270 e. The van der Waals surface area contributed by atoms with Gasteiger partial charge >= 0.3 is 0 Å². The second-order valence-corrected chi connectivity index (χ2v) is 6.14. The molecule has 3 rings (SSSR count). The molecule has 2 atom stereocenters. The fourth-order valence-corrected chi connectivity index (χ4v) is 3.90. The molecule has 2 aliphatic carbocycles. The van der Waals surface area contributed by atoms with E-state index in [4.69, 9.17) is 4.74 Å². The Hall–Kier alpha value is -1.49. The molecule has 1 N–H and O–H groups in total. The lowest BCUT2D eigenvalue weighted by Crippen LogP contribution is -2.63. The van der Waals surface area contributed by atoms with Crippen LogP contribution in [-0.2, 0) is 4.74 Å². The highest BCUT2D eigenvalue weighted by Gasteiger charge is 2.57. The molecule has 0 aromatic carbocycles. The number of ether oxygens (including phenoxy) is 1. The topological polar surface area (TPSA) is 64.1 Å². The van der Waals surface area contributed by atoms with E-state index in [1.165, 1.54) is 12.8 Å². The Morgan fingerprint density at radius 1 is 1.48 bits per heavy atom. The third kappa shape index (κ3) is 2.55. The minimum Gasteiger partial charge on any atom is -0.378 e. The lowest BCUT2D eigenvalue weighted by molar-refractivity contribution is -0.127. The van der Waals surface area contributed by atoms with Crippen molar-refractivity contribution in [2.45, 2.75) is 58.1 Å². The molecule has 1 aromatic rings. The van der Waals surface area contributed by atoms with Crippen molar-refractivity contribution in [2.75, 3.05) is 6.61 Å². The summed E-state index contributed by atoms with van der Waals surface area (Å²) in [6, 6.07) is 1.89. The number of hydrogen-bond acceptors (Lipinski definition) is 4. The number of carbonyl (C=O) groups excluding carboxylic acids is 1. The molecule has 0 bridgehead atoms. The normalized spacial score (nSPS) is 26.6. The molecule has 0 aliphatic heterocycles. The van der Waals surface area contributed by atoms with Crippen LogP contribution >= 0.6 is 0 Å². The van der Waals surface area contributed by atoms with E-state index in [1.807, 2.05) is 6.92 Å². The summed E-state index contributed by atoms with van der Waals surface area (Å²) >= 11 is 0. The molecule has 21 heavy (non-hydrogen) atoms. The minimum atomic E-state index is -0.0910. The molecule has 1 spiro atoms. The first-order valence-electron chi connectivity index (χ1n) is 7.88. The van der Waals surface area contributed by atoms with Gasteiger partial charge in [0.05, 0.1) is 6.10 Å². The number of nitrogens with one attached hydrogen (secondary N) is 1. The Morgan fingerprint density at radius 2 is 2.24 bits per heavy atom. The van der Waals surface area contributed by atoms with Gasteiger partial charge in [-0.15, -0.1) is 0 Å². The van der Waals surface area contributed by atoms with Crippen LogP contribution in [0.4, 0.5) is 0 Å². The average molecular weight is 289 g/mol. The van der Waals surface area contributed by atoms with Crippen LogP contribution in [0.5, 0.6) is 0 Å². The van der Waals surface area contributed by atoms with Crippen LogP contribution in [0.15, 0.2) is 12.3 Å². The first kappa shape index (κ1) is 14.4. The fraction of sp³-hybridized carbons (Fsp3) is 0.688. The maximum atomic E-state index is 12.4. The van der Waals surface area contributed by atoms with Gasteiger partial charge < -0.3 is 10.1 Å². The molecular formula is C16H23N3O2. The van der Waals surface area contributed by atoms with Crippen LogP contribution < -0.4 is 5.32 Å². The van der Waals surface area contributed by atoms with Crippen LogP contribution in [0.1, 0.15) is 55.3 Å². The van der Waals surface area contributed by atoms with Crippen molar-refractivity contribution in [3.8, 4) is 0 Å². The van der Waals surface area contributed by atoms with Gasteiger partial charge in [-0.1, -0.05) is 12.8 Å².